The number of hydrogen-bond donors (Lipinski definition) is 1. The number of amides is 1. The predicted octanol–water partition coefficient (Wildman–Crippen LogP) is 5.64. The number of carbonyl (C=O) groups excluding carboxylic acids is 1. The maximum atomic E-state index is 14.0. The fraction of sp³-hybridized carbons (Fsp3) is 0.118. The maximum Gasteiger partial charge on any atom is 0.419 e. The number of rotatable bonds is 3. The molecule has 25 heavy (non-hydrogen) atoms. The van der Waals surface area contributed by atoms with Crippen LogP contribution < -0.4 is 5.32 Å². The molecule has 8 heteroatoms. The molecule has 1 heterocycles. The van der Waals surface area contributed by atoms with Gasteiger partial charge in [0.05, 0.1) is 10.6 Å². The largest absolute Gasteiger partial charge is 0.419 e. The van der Waals surface area contributed by atoms with Crippen molar-refractivity contribution in [1.82, 2.24) is 5.32 Å². The van der Waals surface area contributed by atoms with Crippen molar-refractivity contribution in [2.75, 3.05) is 0 Å². The molecular weight excluding hydrogens is 378 g/mol. The van der Waals surface area contributed by atoms with E-state index < -0.39 is 23.5 Å². The molecule has 2 aromatic carbocycles. The van der Waals surface area contributed by atoms with Crippen LogP contribution in [0.4, 0.5) is 17.6 Å². The zero-order valence-electron chi connectivity index (χ0n) is 12.5. The van der Waals surface area contributed by atoms with Crippen molar-refractivity contribution in [3.8, 4) is 0 Å². The minimum Gasteiger partial charge on any atom is -0.347 e. The number of fused-ring (bicyclic) bond motifs is 1. The Kier molecular flexibility index (Phi) is 4.71. The molecule has 0 bridgehead atoms. The molecule has 0 atom stereocenters. The van der Waals surface area contributed by atoms with Gasteiger partial charge in [-0.3, -0.25) is 4.79 Å². The monoisotopic (exact) mass is 387 g/mol. The molecule has 130 valence electrons. The molecule has 0 saturated carbocycles. The quantitative estimate of drug-likeness (QED) is 0.579. The summed E-state index contributed by atoms with van der Waals surface area (Å²) in [4.78, 5) is 12.5. The van der Waals surface area contributed by atoms with Crippen LogP contribution in [-0.4, -0.2) is 5.91 Å². The fourth-order valence-electron chi connectivity index (χ4n) is 2.35. The lowest BCUT2D eigenvalue weighted by atomic mass is 10.1. The molecule has 0 saturated heterocycles. The SMILES string of the molecule is O=C(NCc1cccc(C(F)(F)F)c1F)c1sc2ccccc2c1Cl. The second kappa shape index (κ2) is 6.65. The number of thiophene rings is 1. The van der Waals surface area contributed by atoms with Crippen LogP contribution in [0.25, 0.3) is 10.1 Å². The lowest BCUT2D eigenvalue weighted by molar-refractivity contribution is -0.140. The highest BCUT2D eigenvalue weighted by atomic mass is 35.5. The lowest BCUT2D eigenvalue weighted by Crippen LogP contribution is -2.23. The van der Waals surface area contributed by atoms with Crippen molar-refractivity contribution in [2.45, 2.75) is 12.7 Å². The summed E-state index contributed by atoms with van der Waals surface area (Å²) >= 11 is 7.34. The van der Waals surface area contributed by atoms with E-state index in [0.717, 1.165) is 22.1 Å². The third-order valence-corrected chi connectivity index (χ3v) is 5.24. The van der Waals surface area contributed by atoms with Gasteiger partial charge in [0.25, 0.3) is 5.91 Å². The van der Waals surface area contributed by atoms with E-state index in [4.69, 9.17) is 11.6 Å². The Balaban J connectivity index is 1.82. The van der Waals surface area contributed by atoms with E-state index in [-0.39, 0.29) is 22.0 Å². The minimum absolute atomic E-state index is 0.232. The Labute approximate surface area is 149 Å². The fourth-order valence-corrected chi connectivity index (χ4v) is 3.78. The van der Waals surface area contributed by atoms with E-state index in [2.05, 4.69) is 5.32 Å². The first kappa shape index (κ1) is 17.7. The molecule has 1 aromatic heterocycles. The molecule has 3 rings (SSSR count). The summed E-state index contributed by atoms with van der Waals surface area (Å²) < 4.78 is 52.9. The number of nitrogens with one attached hydrogen (secondary N) is 1. The molecule has 0 aliphatic carbocycles. The van der Waals surface area contributed by atoms with Crippen molar-refractivity contribution in [3.63, 3.8) is 0 Å². The van der Waals surface area contributed by atoms with Gasteiger partial charge in [-0.2, -0.15) is 13.2 Å². The van der Waals surface area contributed by atoms with Gasteiger partial charge < -0.3 is 5.32 Å². The third kappa shape index (κ3) is 3.48. The Morgan fingerprint density at radius 2 is 1.84 bits per heavy atom. The standard InChI is InChI=1S/C17H10ClF4NOS/c18-13-10-5-1-2-7-12(10)25-15(13)16(24)23-8-9-4-3-6-11(14(9)19)17(20,21)22/h1-7H,8H2,(H,23,24). The predicted molar refractivity (Wildman–Crippen MR) is 89.4 cm³/mol. The molecule has 0 radical (unpaired) electrons. The zero-order valence-corrected chi connectivity index (χ0v) is 14.0. The first-order valence-corrected chi connectivity index (χ1v) is 8.28. The molecule has 0 aliphatic rings. The van der Waals surface area contributed by atoms with Gasteiger partial charge in [0.1, 0.15) is 10.7 Å². The van der Waals surface area contributed by atoms with Crippen LogP contribution in [0.5, 0.6) is 0 Å². The van der Waals surface area contributed by atoms with Gasteiger partial charge in [-0.05, 0) is 12.1 Å². The molecule has 0 fully saturated rings. The zero-order chi connectivity index (χ0) is 18.2. The maximum absolute atomic E-state index is 14.0. The third-order valence-electron chi connectivity index (χ3n) is 3.56. The number of carbonyl (C=O) groups is 1. The number of halogens is 5. The van der Waals surface area contributed by atoms with Crippen molar-refractivity contribution in [3.05, 3.63) is 69.3 Å². The normalized spacial score (nSPS) is 11.7. The summed E-state index contributed by atoms with van der Waals surface area (Å²) in [5.74, 6) is -1.96. The second-order valence-corrected chi connectivity index (χ2v) is 6.63. The van der Waals surface area contributed by atoms with Gasteiger partial charge in [0.2, 0.25) is 0 Å². The topological polar surface area (TPSA) is 29.1 Å². The highest BCUT2D eigenvalue weighted by Crippen LogP contribution is 2.35. The summed E-state index contributed by atoms with van der Waals surface area (Å²) in [6, 6.07) is 10.1. The highest BCUT2D eigenvalue weighted by molar-refractivity contribution is 7.21. The summed E-state index contributed by atoms with van der Waals surface area (Å²) in [7, 11) is 0. The van der Waals surface area contributed by atoms with E-state index >= 15 is 0 Å². The van der Waals surface area contributed by atoms with E-state index in [1.807, 2.05) is 0 Å². The first-order valence-electron chi connectivity index (χ1n) is 7.09. The van der Waals surface area contributed by atoms with Crippen LogP contribution in [0.1, 0.15) is 20.8 Å². The molecule has 0 spiro atoms. The Bertz CT molecular complexity index is 951. The molecule has 2 nitrogen and oxygen atoms in total. The van der Waals surface area contributed by atoms with E-state index in [0.29, 0.717) is 11.5 Å². The van der Waals surface area contributed by atoms with Crippen LogP contribution in [0.2, 0.25) is 5.02 Å². The smallest absolute Gasteiger partial charge is 0.347 e. The Hall–Kier alpha value is -2.12. The second-order valence-electron chi connectivity index (χ2n) is 5.20. The van der Waals surface area contributed by atoms with Crippen LogP contribution in [0.3, 0.4) is 0 Å². The number of alkyl halides is 3. The summed E-state index contributed by atoms with van der Waals surface area (Å²) in [5, 5.41) is 3.40. The first-order chi connectivity index (χ1) is 11.8. The van der Waals surface area contributed by atoms with Crippen molar-refractivity contribution in [1.29, 1.82) is 0 Å². The number of hydrogen-bond acceptors (Lipinski definition) is 2. The summed E-state index contributed by atoms with van der Waals surface area (Å²) in [5.41, 5.74) is -1.61. The molecule has 0 unspecified atom stereocenters. The van der Waals surface area contributed by atoms with Crippen LogP contribution in [0, 0.1) is 5.82 Å². The Morgan fingerprint density at radius 1 is 1.12 bits per heavy atom. The van der Waals surface area contributed by atoms with Crippen LogP contribution in [0.15, 0.2) is 42.5 Å². The lowest BCUT2D eigenvalue weighted by Gasteiger charge is -2.11. The van der Waals surface area contributed by atoms with Gasteiger partial charge in [-0.1, -0.05) is 41.9 Å². The molecule has 0 aliphatic heterocycles. The average molecular weight is 388 g/mol. The molecule has 1 amide bonds. The Morgan fingerprint density at radius 3 is 2.52 bits per heavy atom. The van der Waals surface area contributed by atoms with Gasteiger partial charge >= 0.3 is 6.18 Å². The van der Waals surface area contributed by atoms with E-state index in [9.17, 15) is 22.4 Å². The van der Waals surface area contributed by atoms with Gasteiger partial charge in [0.15, 0.2) is 0 Å². The van der Waals surface area contributed by atoms with E-state index in [1.165, 1.54) is 6.07 Å². The minimum atomic E-state index is -4.79. The molecule has 3 aromatic rings. The van der Waals surface area contributed by atoms with Gasteiger partial charge in [-0.25, -0.2) is 4.39 Å². The van der Waals surface area contributed by atoms with Crippen LogP contribution in [-0.2, 0) is 12.7 Å². The summed E-state index contributed by atoms with van der Waals surface area (Å²) in [6.07, 6.45) is -4.79. The molecule has 1 N–H and O–H groups in total. The highest BCUT2D eigenvalue weighted by Gasteiger charge is 2.34. The average Bonchev–Trinajstić information content (AvgIpc) is 2.90. The van der Waals surface area contributed by atoms with Gasteiger partial charge in [0, 0.05) is 22.2 Å². The molecular formula is C17H10ClF4NOS. The van der Waals surface area contributed by atoms with Crippen molar-refractivity contribution < 1.29 is 22.4 Å². The van der Waals surface area contributed by atoms with E-state index in [1.54, 1.807) is 24.3 Å². The van der Waals surface area contributed by atoms with Crippen molar-refractivity contribution in [2.24, 2.45) is 0 Å². The van der Waals surface area contributed by atoms with Crippen LogP contribution >= 0.6 is 22.9 Å². The number of benzene rings is 2. The summed E-state index contributed by atoms with van der Waals surface area (Å²) in [6.45, 7) is -0.376. The van der Waals surface area contributed by atoms with Crippen molar-refractivity contribution >= 4 is 38.9 Å². The van der Waals surface area contributed by atoms with Gasteiger partial charge in [-0.15, -0.1) is 11.3 Å².